The van der Waals surface area contributed by atoms with Gasteiger partial charge in [-0.1, -0.05) is 26.0 Å². The van der Waals surface area contributed by atoms with Crippen LogP contribution in [0.15, 0.2) is 24.3 Å². The number of nitrogens with one attached hydrogen (secondary N) is 2. The van der Waals surface area contributed by atoms with E-state index in [2.05, 4.69) is 20.6 Å². The number of alkyl halides is 3. The van der Waals surface area contributed by atoms with E-state index in [9.17, 15) is 23.1 Å². The summed E-state index contributed by atoms with van der Waals surface area (Å²) in [6.07, 6.45) is -5.31. The summed E-state index contributed by atoms with van der Waals surface area (Å²) in [6, 6.07) is 4.54. The third-order valence-electron chi connectivity index (χ3n) is 6.26. The summed E-state index contributed by atoms with van der Waals surface area (Å²) in [7, 11) is 1.88. The van der Waals surface area contributed by atoms with Crippen LogP contribution in [0.3, 0.4) is 0 Å². The van der Waals surface area contributed by atoms with E-state index in [0.717, 1.165) is 6.07 Å². The van der Waals surface area contributed by atoms with Crippen LogP contribution in [0, 0.1) is 12.8 Å². The van der Waals surface area contributed by atoms with E-state index in [4.69, 9.17) is 4.74 Å². The Morgan fingerprint density at radius 2 is 1.97 bits per heavy atom. The lowest BCUT2D eigenvalue weighted by atomic mass is 9.98. The third-order valence-corrected chi connectivity index (χ3v) is 6.26. The molecule has 35 heavy (non-hydrogen) atoms. The number of halogens is 3. The van der Waals surface area contributed by atoms with Crippen molar-refractivity contribution in [2.24, 2.45) is 5.92 Å². The van der Waals surface area contributed by atoms with Gasteiger partial charge >= 0.3 is 6.18 Å². The zero-order valence-electron chi connectivity index (χ0n) is 19.9. The molecule has 190 valence electrons. The number of aliphatic hydroxyl groups excluding tert-OH is 1. The molecular weight excluding hydrogens is 465 g/mol. The molecule has 2 aliphatic heterocycles. The molecule has 3 N–H and O–H groups in total. The zero-order chi connectivity index (χ0) is 25.5. The van der Waals surface area contributed by atoms with Crippen LogP contribution in [-0.4, -0.2) is 70.9 Å². The average Bonchev–Trinajstić information content (AvgIpc) is 2.74. The Morgan fingerprint density at radius 3 is 2.63 bits per heavy atom. The number of para-hydroxylation sites is 1. The molecule has 3 heterocycles. The van der Waals surface area contributed by atoms with Crippen molar-refractivity contribution in [1.29, 1.82) is 0 Å². The number of aryl methyl sites for hydroxylation is 1. The van der Waals surface area contributed by atoms with Crippen LogP contribution in [0.25, 0.3) is 0 Å². The van der Waals surface area contributed by atoms with E-state index in [-0.39, 0.29) is 23.8 Å². The molecule has 0 radical (unpaired) electrons. The van der Waals surface area contributed by atoms with Gasteiger partial charge in [0.2, 0.25) is 5.95 Å². The summed E-state index contributed by atoms with van der Waals surface area (Å²) in [4.78, 5) is 24.9. The maximum Gasteiger partial charge on any atom is 0.419 e. The highest BCUT2D eigenvalue weighted by atomic mass is 19.4. The Hall–Kier alpha value is -3.28. The molecular formula is C23H29F3N6O3. The number of fused-ring (bicyclic) bond motifs is 1. The van der Waals surface area contributed by atoms with Crippen LogP contribution in [-0.2, 0) is 11.0 Å². The largest absolute Gasteiger partial charge is 0.483 e. The number of likely N-dealkylation sites (tertiary alicyclic amines) is 1. The van der Waals surface area contributed by atoms with E-state index in [1.54, 1.807) is 0 Å². The summed E-state index contributed by atoms with van der Waals surface area (Å²) >= 11 is 0. The molecule has 0 saturated carbocycles. The highest BCUT2D eigenvalue weighted by Crippen LogP contribution is 2.37. The molecule has 1 saturated heterocycles. The molecule has 2 aromatic rings. The predicted octanol–water partition coefficient (Wildman–Crippen LogP) is 2.71. The first kappa shape index (κ1) is 24.8. The number of aliphatic hydroxyl groups is 1. The lowest BCUT2D eigenvalue weighted by molar-refractivity contribution is -0.142. The van der Waals surface area contributed by atoms with Gasteiger partial charge in [0, 0.05) is 20.1 Å². The van der Waals surface area contributed by atoms with Crippen molar-refractivity contribution < 1.29 is 27.8 Å². The fourth-order valence-electron chi connectivity index (χ4n) is 4.46. The Balaban J connectivity index is 1.34. The number of carbonyl (C=O) groups is 1. The smallest absolute Gasteiger partial charge is 0.419 e. The number of carbonyl (C=O) groups excluding carboxylic acids is 1. The number of benzene rings is 1. The predicted molar refractivity (Wildman–Crippen MR) is 124 cm³/mol. The monoisotopic (exact) mass is 494 g/mol. The van der Waals surface area contributed by atoms with Crippen molar-refractivity contribution in [3.8, 4) is 5.75 Å². The topological polar surface area (TPSA) is 103 Å². The molecule has 1 fully saturated rings. The second kappa shape index (κ2) is 9.40. The van der Waals surface area contributed by atoms with Crippen molar-refractivity contribution in [3.05, 3.63) is 35.5 Å². The molecule has 2 atom stereocenters. The van der Waals surface area contributed by atoms with Gasteiger partial charge in [0.05, 0.1) is 23.3 Å². The van der Waals surface area contributed by atoms with Crippen LogP contribution in [0.5, 0.6) is 5.75 Å². The molecule has 0 spiro atoms. The number of nitrogens with zero attached hydrogens (tertiary/aromatic N) is 4. The quantitative estimate of drug-likeness (QED) is 0.564. The summed E-state index contributed by atoms with van der Waals surface area (Å²) in [5.74, 6) is 0.484. The molecule has 1 aromatic carbocycles. The molecule has 9 nitrogen and oxygen atoms in total. The number of ether oxygens (including phenoxy) is 1. The van der Waals surface area contributed by atoms with Crippen LogP contribution in [0.2, 0.25) is 0 Å². The third kappa shape index (κ3) is 5.07. The highest BCUT2D eigenvalue weighted by Gasteiger charge is 2.37. The minimum Gasteiger partial charge on any atom is -0.483 e. The number of likely N-dealkylation sites (N-methyl/N-ethyl adjacent to an activating group) is 1. The lowest BCUT2D eigenvalue weighted by Gasteiger charge is -2.42. The second-order valence-corrected chi connectivity index (χ2v) is 9.19. The molecule has 1 aromatic heterocycles. The second-order valence-electron chi connectivity index (χ2n) is 9.19. The molecule has 0 aliphatic carbocycles. The number of amides is 1. The van der Waals surface area contributed by atoms with Crippen molar-refractivity contribution in [1.82, 2.24) is 14.9 Å². The first-order valence-electron chi connectivity index (χ1n) is 11.3. The van der Waals surface area contributed by atoms with Crippen LogP contribution in [0.1, 0.15) is 25.1 Å². The van der Waals surface area contributed by atoms with Crippen molar-refractivity contribution in [2.75, 3.05) is 42.3 Å². The van der Waals surface area contributed by atoms with E-state index in [0.29, 0.717) is 36.2 Å². The van der Waals surface area contributed by atoms with E-state index in [1.165, 1.54) is 23.1 Å². The molecule has 12 heteroatoms. The van der Waals surface area contributed by atoms with E-state index < -0.39 is 30.5 Å². The Kier molecular flexibility index (Phi) is 6.67. The summed E-state index contributed by atoms with van der Waals surface area (Å²) in [5.41, 5.74) is 0.432. The number of hydrogen-bond acceptors (Lipinski definition) is 8. The molecule has 1 amide bonds. The average molecular weight is 495 g/mol. The van der Waals surface area contributed by atoms with Gasteiger partial charge in [-0.15, -0.1) is 0 Å². The lowest BCUT2D eigenvalue weighted by Crippen LogP contribution is -2.58. The van der Waals surface area contributed by atoms with Gasteiger partial charge in [-0.25, -0.2) is 4.98 Å². The summed E-state index contributed by atoms with van der Waals surface area (Å²) in [6.45, 7) is 6.09. The maximum atomic E-state index is 13.1. The summed E-state index contributed by atoms with van der Waals surface area (Å²) < 4.78 is 44.4. The van der Waals surface area contributed by atoms with E-state index >= 15 is 0 Å². The Morgan fingerprint density at radius 1 is 1.29 bits per heavy atom. The molecule has 1 unspecified atom stereocenters. The SMILES string of the molecule is Cc1nc(NC2CN(C(=O)COc3ccccc3C(F)(F)F)C2)nc2c1NC(O)[C@H](C(C)C)N2C. The van der Waals surface area contributed by atoms with Crippen LogP contribution in [0.4, 0.5) is 30.6 Å². The van der Waals surface area contributed by atoms with Gasteiger partial charge in [-0.3, -0.25) is 4.79 Å². The number of aromatic nitrogens is 2. The first-order chi connectivity index (χ1) is 16.5. The van der Waals surface area contributed by atoms with Gasteiger partial charge in [-0.2, -0.15) is 18.2 Å². The van der Waals surface area contributed by atoms with Crippen LogP contribution < -0.4 is 20.3 Å². The standard InChI is InChI=1S/C23H29F3N6O3/c1-12(2)19-21(34)29-18-13(3)27-22(30-20(18)31(19)4)28-14-9-32(10-14)17(33)11-35-16-8-6-5-7-15(16)23(24,25)26/h5-8,12,14,19,21,29,34H,9-11H2,1-4H3,(H,27,28,30)/t19-,21?/m0/s1. The van der Waals surface area contributed by atoms with Gasteiger partial charge < -0.3 is 30.3 Å². The highest BCUT2D eigenvalue weighted by molar-refractivity contribution is 5.79. The van der Waals surface area contributed by atoms with Gasteiger partial charge in [0.15, 0.2) is 12.4 Å². The number of rotatable bonds is 6. The zero-order valence-corrected chi connectivity index (χ0v) is 19.9. The fourth-order valence-corrected chi connectivity index (χ4v) is 4.46. The summed E-state index contributed by atoms with van der Waals surface area (Å²) in [5, 5.41) is 16.8. The normalized spacial score (nSPS) is 20.3. The maximum absolute atomic E-state index is 13.1. The Labute approximate surface area is 201 Å². The van der Waals surface area contributed by atoms with Gasteiger partial charge in [0.1, 0.15) is 17.7 Å². The minimum absolute atomic E-state index is 0.104. The van der Waals surface area contributed by atoms with Crippen molar-refractivity contribution in [3.63, 3.8) is 0 Å². The first-order valence-corrected chi connectivity index (χ1v) is 11.3. The molecule has 0 bridgehead atoms. The molecule has 2 aliphatic rings. The number of hydrogen-bond donors (Lipinski definition) is 3. The molecule has 4 rings (SSSR count). The van der Waals surface area contributed by atoms with Crippen molar-refractivity contribution in [2.45, 2.75) is 45.3 Å². The number of anilines is 3. The van der Waals surface area contributed by atoms with Crippen molar-refractivity contribution >= 4 is 23.4 Å². The Bertz CT molecular complexity index is 1090. The van der Waals surface area contributed by atoms with Crippen LogP contribution >= 0.6 is 0 Å². The fraction of sp³-hybridized carbons (Fsp3) is 0.522. The van der Waals surface area contributed by atoms with Gasteiger partial charge in [-0.05, 0) is 25.0 Å². The minimum atomic E-state index is -4.56. The van der Waals surface area contributed by atoms with Gasteiger partial charge in [0.25, 0.3) is 5.91 Å². The van der Waals surface area contributed by atoms with E-state index in [1.807, 2.05) is 32.7 Å².